The van der Waals surface area contributed by atoms with Crippen molar-refractivity contribution in [1.29, 1.82) is 0 Å². The molecule has 31 heavy (non-hydrogen) atoms. The van der Waals surface area contributed by atoms with Crippen LogP contribution in [0.2, 0.25) is 0 Å². The number of ketones is 1. The van der Waals surface area contributed by atoms with Crippen molar-refractivity contribution in [3.05, 3.63) is 95.2 Å². The van der Waals surface area contributed by atoms with Crippen LogP contribution in [-0.2, 0) is 4.79 Å². The van der Waals surface area contributed by atoms with Gasteiger partial charge in [0.1, 0.15) is 5.01 Å². The Hall–Kier alpha value is -3.24. The van der Waals surface area contributed by atoms with E-state index in [4.69, 9.17) is 4.98 Å². The minimum Gasteiger partial charge on any atom is -0.359 e. The molecule has 1 aromatic heterocycles. The van der Waals surface area contributed by atoms with E-state index in [2.05, 4.69) is 85.9 Å². The minimum absolute atomic E-state index is 0.181. The molecule has 4 heteroatoms. The number of hydrogen-bond donors (Lipinski definition) is 1. The van der Waals surface area contributed by atoms with Gasteiger partial charge < -0.3 is 5.32 Å². The summed E-state index contributed by atoms with van der Waals surface area (Å²) in [4.78, 5) is 17.1. The van der Waals surface area contributed by atoms with Gasteiger partial charge >= 0.3 is 0 Å². The second-order valence-corrected chi connectivity index (χ2v) is 9.37. The van der Waals surface area contributed by atoms with Crippen molar-refractivity contribution in [2.24, 2.45) is 0 Å². The maximum absolute atomic E-state index is 12.3. The van der Waals surface area contributed by atoms with E-state index >= 15 is 0 Å². The van der Waals surface area contributed by atoms with Crippen molar-refractivity contribution >= 4 is 33.0 Å². The summed E-state index contributed by atoms with van der Waals surface area (Å²) >= 11 is 1.72. The Morgan fingerprint density at radius 3 is 2.42 bits per heavy atom. The third-order valence-electron chi connectivity index (χ3n) is 5.78. The number of carbonyl (C=O) groups is 1. The van der Waals surface area contributed by atoms with Crippen molar-refractivity contribution in [2.75, 3.05) is 5.32 Å². The molecule has 1 atom stereocenters. The normalized spacial score (nSPS) is 16.4. The molecule has 3 aromatic carbocycles. The van der Waals surface area contributed by atoms with Gasteiger partial charge in [-0.25, -0.2) is 4.98 Å². The van der Waals surface area contributed by atoms with Crippen molar-refractivity contribution in [2.45, 2.75) is 32.6 Å². The predicted octanol–water partition coefficient (Wildman–Crippen LogP) is 7.02. The molecular weight excluding hydrogens is 400 g/mol. The zero-order chi connectivity index (χ0) is 21.4. The molecule has 1 N–H and O–H groups in total. The molecule has 0 fully saturated rings. The van der Waals surface area contributed by atoms with Gasteiger partial charge in [0.25, 0.3) is 0 Å². The van der Waals surface area contributed by atoms with E-state index in [1.807, 2.05) is 0 Å². The van der Waals surface area contributed by atoms with Gasteiger partial charge in [-0.05, 0) is 73.7 Å². The Bertz CT molecular complexity index is 1280. The zero-order valence-electron chi connectivity index (χ0n) is 17.7. The number of allylic oxidation sites excluding steroid dienone is 2. The molecule has 4 aromatic rings. The smallest absolute Gasteiger partial charge is 0.158 e. The molecule has 1 heterocycles. The van der Waals surface area contributed by atoms with Crippen molar-refractivity contribution in [1.82, 2.24) is 4.98 Å². The summed E-state index contributed by atoms with van der Waals surface area (Å²) in [7, 11) is 0. The third kappa shape index (κ3) is 4.30. The van der Waals surface area contributed by atoms with Crippen molar-refractivity contribution < 1.29 is 4.79 Å². The maximum atomic E-state index is 12.3. The lowest BCUT2D eigenvalue weighted by Gasteiger charge is -2.23. The van der Waals surface area contributed by atoms with E-state index in [9.17, 15) is 4.79 Å². The van der Waals surface area contributed by atoms with Gasteiger partial charge in [-0.2, -0.15) is 0 Å². The monoisotopic (exact) mass is 424 g/mol. The van der Waals surface area contributed by atoms with E-state index < -0.39 is 0 Å². The van der Waals surface area contributed by atoms with Crippen molar-refractivity contribution in [3.8, 4) is 10.6 Å². The fourth-order valence-corrected chi connectivity index (χ4v) is 5.16. The fourth-order valence-electron chi connectivity index (χ4n) is 4.09. The van der Waals surface area contributed by atoms with Crippen LogP contribution in [0.25, 0.3) is 20.8 Å². The largest absolute Gasteiger partial charge is 0.359 e. The van der Waals surface area contributed by atoms with E-state index in [0.29, 0.717) is 6.42 Å². The minimum atomic E-state index is 0.181. The fraction of sp³-hybridized carbons (Fsp3) is 0.185. The summed E-state index contributed by atoms with van der Waals surface area (Å²) in [5, 5.41) is 4.48. The first-order chi connectivity index (χ1) is 15.0. The van der Waals surface area contributed by atoms with Crippen LogP contribution in [0.1, 0.15) is 35.4 Å². The Morgan fingerprint density at radius 1 is 0.903 bits per heavy atom. The van der Waals surface area contributed by atoms with Crippen LogP contribution in [0, 0.1) is 13.8 Å². The molecule has 3 nitrogen and oxygen atoms in total. The van der Waals surface area contributed by atoms with Crippen LogP contribution in [0.15, 0.2) is 78.5 Å². The molecule has 0 saturated heterocycles. The highest BCUT2D eigenvalue weighted by atomic mass is 32.1. The number of rotatable bonds is 4. The Kier molecular flexibility index (Phi) is 5.16. The molecule has 0 amide bonds. The quantitative estimate of drug-likeness (QED) is 0.383. The van der Waals surface area contributed by atoms with Crippen LogP contribution in [0.5, 0.6) is 0 Å². The molecular formula is C27H24N2OS. The highest BCUT2D eigenvalue weighted by Crippen LogP contribution is 2.34. The number of nitrogens with zero attached hydrogens (tertiary/aromatic N) is 1. The molecule has 0 aliphatic heterocycles. The first kappa shape index (κ1) is 19.7. The number of aryl methyl sites for hydroxylation is 2. The number of carbonyl (C=O) groups excluding carboxylic acids is 1. The molecule has 1 aliphatic rings. The third-order valence-corrected chi connectivity index (χ3v) is 6.85. The topological polar surface area (TPSA) is 42.0 Å². The standard InChI is InChI=1S/C27H24N2OS/c1-17-3-6-19(7-4-17)21-14-23(16-24(30)15-21)28-22-10-8-20(9-11-22)27-29-25-12-5-18(2)13-26(25)31-27/h3-13,16,21,28H,14-15H2,1-2H3. The number of nitrogens with one attached hydrogen (secondary N) is 1. The highest BCUT2D eigenvalue weighted by molar-refractivity contribution is 7.21. The van der Waals surface area contributed by atoms with Crippen LogP contribution >= 0.6 is 11.3 Å². The first-order valence-electron chi connectivity index (χ1n) is 10.6. The lowest BCUT2D eigenvalue weighted by molar-refractivity contribution is -0.115. The van der Waals surface area contributed by atoms with Crippen LogP contribution in [0.3, 0.4) is 0 Å². The zero-order valence-corrected chi connectivity index (χ0v) is 18.5. The molecule has 0 bridgehead atoms. The first-order valence-corrected chi connectivity index (χ1v) is 11.4. The van der Waals surface area contributed by atoms with Gasteiger partial charge in [0.2, 0.25) is 0 Å². The molecule has 0 radical (unpaired) electrons. The van der Waals surface area contributed by atoms with Crippen LogP contribution in [0.4, 0.5) is 5.69 Å². The van der Waals surface area contributed by atoms with E-state index in [1.54, 1.807) is 17.4 Å². The van der Waals surface area contributed by atoms with E-state index in [-0.39, 0.29) is 11.7 Å². The van der Waals surface area contributed by atoms with Crippen molar-refractivity contribution in [3.63, 3.8) is 0 Å². The Morgan fingerprint density at radius 2 is 1.65 bits per heavy atom. The maximum Gasteiger partial charge on any atom is 0.158 e. The number of thiazole rings is 1. The summed E-state index contributed by atoms with van der Waals surface area (Å²) in [5.41, 5.74) is 7.84. The highest BCUT2D eigenvalue weighted by Gasteiger charge is 2.22. The molecule has 1 unspecified atom stereocenters. The number of benzene rings is 3. The SMILES string of the molecule is Cc1ccc(C2CC(=O)C=C(Nc3ccc(-c4nc5ccc(C)cc5s4)cc3)C2)cc1. The summed E-state index contributed by atoms with van der Waals surface area (Å²) in [6.07, 6.45) is 3.17. The lowest BCUT2D eigenvalue weighted by Crippen LogP contribution is -2.16. The molecule has 154 valence electrons. The molecule has 0 spiro atoms. The summed E-state index contributed by atoms with van der Waals surface area (Å²) < 4.78 is 1.21. The molecule has 1 aliphatic carbocycles. The summed E-state index contributed by atoms with van der Waals surface area (Å²) in [6, 6.07) is 23.2. The van der Waals surface area contributed by atoms with E-state index in [1.165, 1.54) is 21.4 Å². The van der Waals surface area contributed by atoms with Gasteiger partial charge in [0, 0.05) is 29.4 Å². The Balaban J connectivity index is 1.32. The summed E-state index contributed by atoms with van der Waals surface area (Å²) in [5.74, 6) is 0.409. The molecule has 0 saturated carbocycles. The number of fused-ring (bicyclic) bond motifs is 1. The second kappa shape index (κ2) is 8.12. The predicted molar refractivity (Wildman–Crippen MR) is 130 cm³/mol. The van der Waals surface area contributed by atoms with Gasteiger partial charge in [0.05, 0.1) is 10.2 Å². The number of aromatic nitrogens is 1. The average molecular weight is 425 g/mol. The Labute approximate surface area is 186 Å². The molecule has 5 rings (SSSR count). The van der Waals surface area contributed by atoms with Crippen LogP contribution in [-0.4, -0.2) is 10.8 Å². The van der Waals surface area contributed by atoms with E-state index in [0.717, 1.165) is 33.9 Å². The van der Waals surface area contributed by atoms with Gasteiger partial charge in [0.15, 0.2) is 5.78 Å². The number of anilines is 1. The lowest BCUT2D eigenvalue weighted by atomic mass is 9.85. The van der Waals surface area contributed by atoms with Gasteiger partial charge in [-0.3, -0.25) is 4.79 Å². The second-order valence-electron chi connectivity index (χ2n) is 8.34. The summed E-state index contributed by atoms with van der Waals surface area (Å²) in [6.45, 7) is 4.19. The number of hydrogen-bond acceptors (Lipinski definition) is 4. The van der Waals surface area contributed by atoms with Crippen LogP contribution < -0.4 is 5.32 Å². The van der Waals surface area contributed by atoms with Gasteiger partial charge in [-0.1, -0.05) is 35.9 Å². The average Bonchev–Trinajstić information content (AvgIpc) is 3.17. The van der Waals surface area contributed by atoms with Gasteiger partial charge in [-0.15, -0.1) is 11.3 Å².